The molecule has 0 aromatic carbocycles. The molecule has 0 fully saturated rings. The summed E-state index contributed by atoms with van der Waals surface area (Å²) in [4.78, 5) is 10.3. The quantitative estimate of drug-likeness (QED) is 0.845. The Morgan fingerprint density at radius 3 is 2.50 bits per heavy atom. The highest BCUT2D eigenvalue weighted by Crippen LogP contribution is 2.34. The van der Waals surface area contributed by atoms with Gasteiger partial charge in [-0.15, -0.1) is 11.3 Å². The number of aromatic nitrogens is 2. The van der Waals surface area contributed by atoms with E-state index in [2.05, 4.69) is 38.0 Å². The van der Waals surface area contributed by atoms with Crippen LogP contribution in [0.2, 0.25) is 0 Å². The lowest BCUT2D eigenvalue weighted by molar-refractivity contribution is 0.559. The Kier molecular flexibility index (Phi) is 4.89. The van der Waals surface area contributed by atoms with Crippen LogP contribution in [-0.2, 0) is 12.0 Å². The zero-order valence-electron chi connectivity index (χ0n) is 12.7. The second kappa shape index (κ2) is 6.46. The maximum Gasteiger partial charge on any atom is 0.124 e. The summed E-state index contributed by atoms with van der Waals surface area (Å²) < 4.78 is 0. The van der Waals surface area contributed by atoms with Gasteiger partial charge in [0, 0.05) is 34.8 Å². The molecule has 108 valence electrons. The predicted molar refractivity (Wildman–Crippen MR) is 86.0 cm³/mol. The number of nitrogens with zero attached hydrogens (tertiary/aromatic N) is 2. The first-order chi connectivity index (χ1) is 9.52. The van der Waals surface area contributed by atoms with Crippen molar-refractivity contribution >= 4 is 11.3 Å². The molecule has 1 N–H and O–H groups in total. The Balaban J connectivity index is 2.32. The number of hydrogen-bond acceptors (Lipinski definition) is 4. The minimum atomic E-state index is 0.0744. The van der Waals surface area contributed by atoms with Gasteiger partial charge in [0.05, 0.1) is 5.69 Å². The van der Waals surface area contributed by atoms with Crippen molar-refractivity contribution in [1.29, 1.82) is 0 Å². The molecule has 2 aromatic heterocycles. The van der Waals surface area contributed by atoms with E-state index in [1.54, 1.807) is 11.3 Å². The Hall–Kier alpha value is -1.26. The normalized spacial score (nSPS) is 11.8. The van der Waals surface area contributed by atoms with E-state index in [0.29, 0.717) is 0 Å². The zero-order valence-corrected chi connectivity index (χ0v) is 13.5. The van der Waals surface area contributed by atoms with E-state index < -0.39 is 0 Å². The van der Waals surface area contributed by atoms with E-state index in [0.717, 1.165) is 30.1 Å². The van der Waals surface area contributed by atoms with Gasteiger partial charge >= 0.3 is 0 Å². The summed E-state index contributed by atoms with van der Waals surface area (Å²) >= 11 is 1.79. The van der Waals surface area contributed by atoms with Gasteiger partial charge in [0.15, 0.2) is 0 Å². The van der Waals surface area contributed by atoms with Crippen LogP contribution in [0.15, 0.2) is 24.5 Å². The summed E-state index contributed by atoms with van der Waals surface area (Å²) in [6, 6.07) is 4.04. The molecule has 0 saturated heterocycles. The maximum atomic E-state index is 4.88. The number of hydrogen-bond donors (Lipinski definition) is 1. The topological polar surface area (TPSA) is 37.8 Å². The fraction of sp³-hybridized carbons (Fsp3) is 0.500. The summed E-state index contributed by atoms with van der Waals surface area (Å²) in [5.74, 6) is 0. The van der Waals surface area contributed by atoms with Crippen LogP contribution in [0.1, 0.15) is 44.7 Å². The van der Waals surface area contributed by atoms with Crippen molar-refractivity contribution in [3.63, 3.8) is 0 Å². The summed E-state index contributed by atoms with van der Waals surface area (Å²) in [7, 11) is 0. The third kappa shape index (κ3) is 3.64. The lowest BCUT2D eigenvalue weighted by Crippen LogP contribution is -2.19. The number of nitrogens with one attached hydrogen (secondary N) is 1. The maximum absolute atomic E-state index is 4.88. The van der Waals surface area contributed by atoms with Gasteiger partial charge < -0.3 is 5.32 Å². The van der Waals surface area contributed by atoms with Crippen molar-refractivity contribution in [2.24, 2.45) is 0 Å². The van der Waals surface area contributed by atoms with Gasteiger partial charge in [-0.25, -0.2) is 4.98 Å². The molecule has 0 aliphatic carbocycles. The standard InChI is InChI=1S/C16H23N3S/c1-5-8-18-11-13-14(16(2,3)4)19-15(20-13)12-6-9-17-10-7-12/h6-7,9-10,18H,5,8,11H2,1-4H3. The SMILES string of the molecule is CCCNCc1sc(-c2ccncc2)nc1C(C)(C)C. The summed E-state index contributed by atoms with van der Waals surface area (Å²) in [6.07, 6.45) is 4.80. The van der Waals surface area contributed by atoms with Crippen molar-refractivity contribution in [1.82, 2.24) is 15.3 Å². The van der Waals surface area contributed by atoms with Crippen LogP contribution in [0.5, 0.6) is 0 Å². The molecule has 0 bridgehead atoms. The predicted octanol–water partition coefficient (Wildman–Crippen LogP) is 4.00. The van der Waals surface area contributed by atoms with Gasteiger partial charge in [-0.1, -0.05) is 27.7 Å². The highest BCUT2D eigenvalue weighted by Gasteiger charge is 2.23. The van der Waals surface area contributed by atoms with Gasteiger partial charge in [-0.2, -0.15) is 0 Å². The van der Waals surface area contributed by atoms with E-state index in [1.807, 2.05) is 24.5 Å². The van der Waals surface area contributed by atoms with E-state index in [1.165, 1.54) is 10.6 Å². The van der Waals surface area contributed by atoms with E-state index >= 15 is 0 Å². The molecule has 0 spiro atoms. The van der Waals surface area contributed by atoms with Crippen LogP contribution in [0.3, 0.4) is 0 Å². The van der Waals surface area contributed by atoms with Gasteiger partial charge in [-0.3, -0.25) is 4.98 Å². The lowest BCUT2D eigenvalue weighted by atomic mass is 9.91. The monoisotopic (exact) mass is 289 g/mol. The molecule has 2 heterocycles. The molecule has 20 heavy (non-hydrogen) atoms. The van der Waals surface area contributed by atoms with Crippen LogP contribution >= 0.6 is 11.3 Å². The Morgan fingerprint density at radius 1 is 1.20 bits per heavy atom. The summed E-state index contributed by atoms with van der Waals surface area (Å²) in [6.45, 7) is 10.8. The largest absolute Gasteiger partial charge is 0.312 e. The van der Waals surface area contributed by atoms with Crippen LogP contribution in [0, 0.1) is 0 Å². The third-order valence-electron chi connectivity index (χ3n) is 3.05. The molecule has 0 radical (unpaired) electrons. The molecular formula is C16H23N3S. The third-order valence-corrected chi connectivity index (χ3v) is 4.15. The van der Waals surface area contributed by atoms with Crippen molar-refractivity contribution in [3.8, 4) is 10.6 Å². The number of rotatable bonds is 5. The van der Waals surface area contributed by atoms with Gasteiger partial charge in [0.25, 0.3) is 0 Å². The molecule has 0 unspecified atom stereocenters. The van der Waals surface area contributed by atoms with Crippen molar-refractivity contribution in [2.45, 2.75) is 46.1 Å². The van der Waals surface area contributed by atoms with E-state index in [4.69, 9.17) is 4.98 Å². The fourth-order valence-electron chi connectivity index (χ4n) is 2.05. The molecule has 4 heteroatoms. The van der Waals surface area contributed by atoms with Crippen molar-refractivity contribution in [3.05, 3.63) is 35.1 Å². The molecule has 0 aliphatic rings. The molecule has 2 rings (SSSR count). The van der Waals surface area contributed by atoms with Crippen LogP contribution in [0.25, 0.3) is 10.6 Å². The molecular weight excluding hydrogens is 266 g/mol. The number of pyridine rings is 1. The second-order valence-electron chi connectivity index (χ2n) is 5.95. The zero-order chi connectivity index (χ0) is 14.6. The molecule has 3 nitrogen and oxygen atoms in total. The Morgan fingerprint density at radius 2 is 1.90 bits per heavy atom. The molecule has 2 aromatic rings. The smallest absolute Gasteiger partial charge is 0.124 e. The van der Waals surface area contributed by atoms with E-state index in [-0.39, 0.29) is 5.41 Å². The first kappa shape index (κ1) is 15.1. The average molecular weight is 289 g/mol. The minimum absolute atomic E-state index is 0.0744. The lowest BCUT2D eigenvalue weighted by Gasteiger charge is -2.17. The highest BCUT2D eigenvalue weighted by molar-refractivity contribution is 7.15. The van der Waals surface area contributed by atoms with Gasteiger partial charge in [0.1, 0.15) is 5.01 Å². The molecule has 0 saturated carbocycles. The number of thiazole rings is 1. The fourth-order valence-corrected chi connectivity index (χ4v) is 3.30. The van der Waals surface area contributed by atoms with Gasteiger partial charge in [-0.05, 0) is 25.1 Å². The Bertz CT molecular complexity index is 541. The van der Waals surface area contributed by atoms with E-state index in [9.17, 15) is 0 Å². The first-order valence-electron chi connectivity index (χ1n) is 7.13. The Labute approximate surface area is 125 Å². The van der Waals surface area contributed by atoms with Crippen molar-refractivity contribution in [2.75, 3.05) is 6.54 Å². The van der Waals surface area contributed by atoms with Crippen molar-refractivity contribution < 1.29 is 0 Å². The van der Waals surface area contributed by atoms with Crippen LogP contribution in [0.4, 0.5) is 0 Å². The summed E-state index contributed by atoms with van der Waals surface area (Å²) in [5.41, 5.74) is 2.43. The highest BCUT2D eigenvalue weighted by atomic mass is 32.1. The summed E-state index contributed by atoms with van der Waals surface area (Å²) in [5, 5.41) is 4.58. The average Bonchev–Trinajstić information content (AvgIpc) is 2.84. The van der Waals surface area contributed by atoms with Crippen LogP contribution in [-0.4, -0.2) is 16.5 Å². The molecule has 0 amide bonds. The molecule has 0 aliphatic heterocycles. The first-order valence-corrected chi connectivity index (χ1v) is 7.95. The minimum Gasteiger partial charge on any atom is -0.312 e. The second-order valence-corrected chi connectivity index (χ2v) is 7.04. The van der Waals surface area contributed by atoms with Crippen LogP contribution < -0.4 is 5.32 Å². The van der Waals surface area contributed by atoms with Gasteiger partial charge in [0.2, 0.25) is 0 Å². The molecule has 0 atom stereocenters.